The highest BCUT2D eigenvalue weighted by molar-refractivity contribution is 5.75. The molecule has 2 fully saturated rings. The maximum absolute atomic E-state index is 4.49. The molecule has 0 amide bonds. The second kappa shape index (κ2) is 4.52. The summed E-state index contributed by atoms with van der Waals surface area (Å²) < 4.78 is 0. The van der Waals surface area contributed by atoms with E-state index in [1.54, 1.807) is 12.4 Å². The fraction of sp³-hybridized carbons (Fsp3) is 0.529. The Labute approximate surface area is 120 Å². The summed E-state index contributed by atoms with van der Waals surface area (Å²) in [7, 11) is 2.29. The van der Waals surface area contributed by atoms with Crippen molar-refractivity contribution < 1.29 is 0 Å². The van der Waals surface area contributed by atoms with Crippen molar-refractivity contribution in [2.75, 3.05) is 13.6 Å². The van der Waals surface area contributed by atoms with Gasteiger partial charge in [-0.15, -0.1) is 0 Å². The van der Waals surface area contributed by atoms with Crippen molar-refractivity contribution in [1.82, 2.24) is 14.9 Å². The molecule has 104 valence electrons. The first kappa shape index (κ1) is 12.3. The summed E-state index contributed by atoms with van der Waals surface area (Å²) in [6.07, 6.45) is 10.3. The Morgan fingerprint density at radius 1 is 1.10 bits per heavy atom. The topological polar surface area (TPSA) is 29.0 Å². The van der Waals surface area contributed by atoms with Gasteiger partial charge in [0.2, 0.25) is 0 Å². The fourth-order valence-electron chi connectivity index (χ4n) is 4.44. The monoisotopic (exact) mass is 267 g/mol. The van der Waals surface area contributed by atoms with Crippen LogP contribution in [0.3, 0.4) is 0 Å². The highest BCUT2D eigenvalue weighted by Crippen LogP contribution is 2.48. The van der Waals surface area contributed by atoms with E-state index in [0.29, 0.717) is 11.5 Å². The average Bonchev–Trinajstić information content (AvgIpc) is 2.86. The van der Waals surface area contributed by atoms with Crippen LogP contribution < -0.4 is 0 Å². The molecule has 1 aromatic heterocycles. The molecule has 1 saturated heterocycles. The summed E-state index contributed by atoms with van der Waals surface area (Å²) in [5, 5.41) is 0. The lowest BCUT2D eigenvalue weighted by molar-refractivity contribution is 0.182. The van der Waals surface area contributed by atoms with Crippen LogP contribution in [-0.2, 0) is 5.41 Å². The molecule has 0 bridgehead atoms. The van der Waals surface area contributed by atoms with Gasteiger partial charge in [0.05, 0.1) is 11.0 Å². The number of hydrogen-bond donors (Lipinski definition) is 0. The van der Waals surface area contributed by atoms with Crippen LogP contribution in [0.4, 0.5) is 0 Å². The van der Waals surface area contributed by atoms with Gasteiger partial charge in [-0.1, -0.05) is 18.9 Å². The second-order valence-electron chi connectivity index (χ2n) is 6.41. The SMILES string of the molecule is CN1CC[C@]2(c3ccc4nccnc4c3)CCCC[C@H]12. The summed E-state index contributed by atoms with van der Waals surface area (Å²) in [5.74, 6) is 0. The van der Waals surface area contributed by atoms with Gasteiger partial charge in [0.25, 0.3) is 0 Å². The van der Waals surface area contributed by atoms with Crippen molar-refractivity contribution in [3.63, 3.8) is 0 Å². The summed E-state index contributed by atoms with van der Waals surface area (Å²) >= 11 is 0. The van der Waals surface area contributed by atoms with Crippen LogP contribution in [0.1, 0.15) is 37.7 Å². The zero-order valence-corrected chi connectivity index (χ0v) is 12.0. The summed E-state index contributed by atoms with van der Waals surface area (Å²) in [4.78, 5) is 11.5. The van der Waals surface area contributed by atoms with E-state index < -0.39 is 0 Å². The molecule has 0 unspecified atom stereocenters. The molecule has 0 radical (unpaired) electrons. The molecule has 2 heterocycles. The molecule has 20 heavy (non-hydrogen) atoms. The predicted octanol–water partition coefficient (Wildman–Crippen LogP) is 3.15. The van der Waals surface area contributed by atoms with Gasteiger partial charge in [0.1, 0.15) is 0 Å². The maximum Gasteiger partial charge on any atom is 0.0889 e. The highest BCUT2D eigenvalue weighted by Gasteiger charge is 2.48. The van der Waals surface area contributed by atoms with Crippen molar-refractivity contribution in [3.8, 4) is 0 Å². The Morgan fingerprint density at radius 2 is 1.95 bits per heavy atom. The average molecular weight is 267 g/mol. The molecular weight excluding hydrogens is 246 g/mol. The third kappa shape index (κ3) is 1.69. The lowest BCUT2D eigenvalue weighted by atomic mass is 9.66. The Bertz CT molecular complexity index is 635. The van der Waals surface area contributed by atoms with E-state index in [1.165, 1.54) is 44.2 Å². The highest BCUT2D eigenvalue weighted by atomic mass is 15.2. The zero-order valence-electron chi connectivity index (χ0n) is 12.0. The van der Waals surface area contributed by atoms with E-state index in [-0.39, 0.29) is 0 Å². The van der Waals surface area contributed by atoms with Crippen LogP contribution >= 0.6 is 0 Å². The Hall–Kier alpha value is -1.48. The lowest BCUT2D eigenvalue weighted by Gasteiger charge is -2.41. The Kier molecular flexibility index (Phi) is 2.77. The van der Waals surface area contributed by atoms with Crippen LogP contribution in [0.15, 0.2) is 30.6 Å². The third-order valence-electron chi connectivity index (χ3n) is 5.48. The first-order valence-electron chi connectivity index (χ1n) is 7.71. The van der Waals surface area contributed by atoms with Gasteiger partial charge in [0.15, 0.2) is 0 Å². The van der Waals surface area contributed by atoms with Crippen molar-refractivity contribution >= 4 is 11.0 Å². The molecule has 2 atom stereocenters. The minimum atomic E-state index is 0.360. The molecular formula is C17H21N3. The largest absolute Gasteiger partial charge is 0.302 e. The molecule has 4 rings (SSSR count). The molecule has 0 N–H and O–H groups in total. The minimum Gasteiger partial charge on any atom is -0.302 e. The van der Waals surface area contributed by atoms with E-state index in [0.717, 1.165) is 11.0 Å². The number of nitrogens with zero attached hydrogens (tertiary/aromatic N) is 3. The first-order valence-corrected chi connectivity index (χ1v) is 7.71. The van der Waals surface area contributed by atoms with Crippen LogP contribution in [0.2, 0.25) is 0 Å². The molecule has 1 aliphatic carbocycles. The molecule has 3 nitrogen and oxygen atoms in total. The Morgan fingerprint density at radius 3 is 2.85 bits per heavy atom. The Balaban J connectivity index is 1.84. The van der Waals surface area contributed by atoms with E-state index >= 15 is 0 Å². The number of hydrogen-bond acceptors (Lipinski definition) is 3. The summed E-state index contributed by atoms with van der Waals surface area (Å²) in [6.45, 7) is 1.23. The smallest absolute Gasteiger partial charge is 0.0889 e. The van der Waals surface area contributed by atoms with Crippen LogP contribution in [0.5, 0.6) is 0 Å². The van der Waals surface area contributed by atoms with Crippen LogP contribution in [0, 0.1) is 0 Å². The predicted molar refractivity (Wildman–Crippen MR) is 80.7 cm³/mol. The van der Waals surface area contributed by atoms with E-state index in [1.807, 2.05) is 0 Å². The molecule has 2 aliphatic rings. The van der Waals surface area contributed by atoms with E-state index in [4.69, 9.17) is 0 Å². The number of benzene rings is 1. The van der Waals surface area contributed by atoms with Gasteiger partial charge in [-0.25, -0.2) is 0 Å². The molecule has 1 aromatic carbocycles. The summed E-state index contributed by atoms with van der Waals surface area (Å²) in [5.41, 5.74) is 3.89. The van der Waals surface area contributed by atoms with Gasteiger partial charge < -0.3 is 4.90 Å². The van der Waals surface area contributed by atoms with Gasteiger partial charge in [0, 0.05) is 23.9 Å². The molecule has 3 heteroatoms. The lowest BCUT2D eigenvalue weighted by Crippen LogP contribution is -2.43. The van der Waals surface area contributed by atoms with Crippen LogP contribution in [-0.4, -0.2) is 34.5 Å². The van der Waals surface area contributed by atoms with E-state index in [9.17, 15) is 0 Å². The van der Waals surface area contributed by atoms with Crippen molar-refractivity contribution in [1.29, 1.82) is 0 Å². The fourth-order valence-corrected chi connectivity index (χ4v) is 4.44. The summed E-state index contributed by atoms with van der Waals surface area (Å²) in [6, 6.07) is 7.45. The zero-order chi connectivity index (χ0) is 13.6. The number of fused-ring (bicyclic) bond motifs is 2. The normalized spacial score (nSPS) is 30.6. The minimum absolute atomic E-state index is 0.360. The molecule has 1 aliphatic heterocycles. The van der Waals surface area contributed by atoms with Gasteiger partial charge in [-0.2, -0.15) is 0 Å². The van der Waals surface area contributed by atoms with Crippen LogP contribution in [0.25, 0.3) is 11.0 Å². The standard InChI is InChI=1S/C17H21N3/c1-20-11-8-17(7-3-2-4-16(17)20)13-5-6-14-15(12-13)19-10-9-18-14/h5-6,9-10,12,16H,2-4,7-8,11H2,1H3/t16-,17-/m0/s1. The first-order chi connectivity index (χ1) is 9.79. The second-order valence-corrected chi connectivity index (χ2v) is 6.41. The van der Waals surface area contributed by atoms with Crippen molar-refractivity contribution in [3.05, 3.63) is 36.2 Å². The number of aromatic nitrogens is 2. The molecule has 1 saturated carbocycles. The maximum atomic E-state index is 4.49. The van der Waals surface area contributed by atoms with E-state index in [2.05, 4.69) is 40.1 Å². The van der Waals surface area contributed by atoms with Gasteiger partial charge in [-0.3, -0.25) is 9.97 Å². The van der Waals surface area contributed by atoms with Gasteiger partial charge >= 0.3 is 0 Å². The molecule has 2 aromatic rings. The number of rotatable bonds is 1. The number of likely N-dealkylation sites (tertiary alicyclic amines) is 1. The number of likely N-dealkylation sites (N-methyl/N-ethyl adjacent to an activating group) is 1. The third-order valence-corrected chi connectivity index (χ3v) is 5.48. The quantitative estimate of drug-likeness (QED) is 0.795. The molecule has 0 spiro atoms. The van der Waals surface area contributed by atoms with Crippen molar-refractivity contribution in [2.45, 2.75) is 43.6 Å². The van der Waals surface area contributed by atoms with Crippen molar-refractivity contribution in [2.24, 2.45) is 0 Å². The van der Waals surface area contributed by atoms with Gasteiger partial charge in [-0.05, 0) is 50.6 Å².